The molecule has 20 heavy (non-hydrogen) atoms. The number of carbonyl (C=O) groups is 1. The van der Waals surface area contributed by atoms with Gasteiger partial charge in [-0.05, 0) is 35.9 Å². The molecule has 2 rings (SSSR count). The van der Waals surface area contributed by atoms with Crippen LogP contribution in [0.4, 0.5) is 0 Å². The first kappa shape index (κ1) is 13.7. The first-order valence-corrected chi connectivity index (χ1v) is 5.75. The number of hydrogen-bond acceptors (Lipinski definition) is 5. The maximum atomic E-state index is 11.1. The lowest BCUT2D eigenvalue weighted by molar-refractivity contribution is 0.0692. The second-order valence-electron chi connectivity index (χ2n) is 4.24. The molecular formula is C14H13NO5. The number of nitrogens with two attached hydrogens (primary N) is 1. The van der Waals surface area contributed by atoms with Crippen molar-refractivity contribution >= 4 is 5.97 Å². The molecule has 0 heterocycles. The van der Waals surface area contributed by atoms with Crippen molar-refractivity contribution < 1.29 is 25.0 Å². The minimum absolute atomic E-state index is 0.0261. The minimum Gasteiger partial charge on any atom is -0.508 e. The Balaban J connectivity index is 2.37. The highest BCUT2D eigenvalue weighted by Gasteiger charge is 2.13. The average Bonchev–Trinajstić information content (AvgIpc) is 2.42. The van der Waals surface area contributed by atoms with E-state index >= 15 is 0 Å². The van der Waals surface area contributed by atoms with E-state index in [2.05, 4.69) is 4.84 Å². The van der Waals surface area contributed by atoms with Gasteiger partial charge in [0.2, 0.25) is 0 Å². The topological polar surface area (TPSA) is 113 Å². The molecule has 0 aliphatic carbocycles. The molecular weight excluding hydrogens is 262 g/mol. The van der Waals surface area contributed by atoms with Gasteiger partial charge in [0.1, 0.15) is 17.1 Å². The predicted molar refractivity (Wildman–Crippen MR) is 70.8 cm³/mol. The number of hydrogen-bond donors (Lipinski definition) is 4. The summed E-state index contributed by atoms with van der Waals surface area (Å²) in [6.07, 6.45) is 0.269. The third-order valence-electron chi connectivity index (χ3n) is 2.86. The van der Waals surface area contributed by atoms with Gasteiger partial charge in [0.15, 0.2) is 5.75 Å². The van der Waals surface area contributed by atoms with Crippen LogP contribution in [-0.2, 0) is 6.42 Å². The normalized spacial score (nSPS) is 10.2. The van der Waals surface area contributed by atoms with Crippen LogP contribution in [0.5, 0.6) is 17.2 Å². The molecule has 0 amide bonds. The maximum Gasteiger partial charge on any atom is 0.339 e. The Hall–Kier alpha value is -2.73. The van der Waals surface area contributed by atoms with Gasteiger partial charge in [-0.15, -0.1) is 0 Å². The highest BCUT2D eigenvalue weighted by Crippen LogP contribution is 2.26. The molecule has 0 bridgehead atoms. The van der Waals surface area contributed by atoms with Gasteiger partial charge in [0.25, 0.3) is 0 Å². The number of carboxylic acid groups (broad SMARTS) is 1. The van der Waals surface area contributed by atoms with Crippen molar-refractivity contribution in [3.8, 4) is 17.2 Å². The van der Waals surface area contributed by atoms with Gasteiger partial charge in [-0.3, -0.25) is 0 Å². The second-order valence-corrected chi connectivity index (χ2v) is 4.24. The molecule has 0 saturated carbocycles. The minimum atomic E-state index is -1.16. The molecule has 2 aromatic carbocycles. The van der Waals surface area contributed by atoms with Gasteiger partial charge in [-0.25, -0.2) is 4.79 Å². The van der Waals surface area contributed by atoms with Gasteiger partial charge in [0, 0.05) is 12.0 Å². The molecule has 0 aliphatic heterocycles. The van der Waals surface area contributed by atoms with E-state index in [4.69, 9.17) is 11.0 Å². The Morgan fingerprint density at radius 2 is 1.90 bits per heavy atom. The zero-order valence-electron chi connectivity index (χ0n) is 10.4. The number of rotatable bonds is 4. The smallest absolute Gasteiger partial charge is 0.339 e. The van der Waals surface area contributed by atoms with Gasteiger partial charge in [-0.1, -0.05) is 6.07 Å². The number of aromatic carboxylic acids is 1. The number of phenols is 2. The summed E-state index contributed by atoms with van der Waals surface area (Å²) in [6, 6.07) is 8.65. The van der Waals surface area contributed by atoms with Crippen molar-refractivity contribution in [2.24, 2.45) is 5.90 Å². The summed E-state index contributed by atoms with van der Waals surface area (Å²) in [4.78, 5) is 15.6. The molecule has 0 unspecified atom stereocenters. The number of benzene rings is 2. The predicted octanol–water partition coefficient (Wildman–Crippen LogP) is 1.64. The zero-order valence-corrected chi connectivity index (χ0v) is 10.4. The van der Waals surface area contributed by atoms with Crippen LogP contribution in [0.2, 0.25) is 0 Å². The molecule has 104 valence electrons. The van der Waals surface area contributed by atoms with Crippen molar-refractivity contribution in [1.29, 1.82) is 0 Å². The Kier molecular flexibility index (Phi) is 3.76. The lowest BCUT2D eigenvalue weighted by Gasteiger charge is -2.08. The molecule has 0 spiro atoms. The molecule has 6 heteroatoms. The lowest BCUT2D eigenvalue weighted by Crippen LogP contribution is -2.08. The summed E-state index contributed by atoms with van der Waals surface area (Å²) in [5, 5.41) is 28.2. The van der Waals surface area contributed by atoms with Crippen molar-refractivity contribution in [3.63, 3.8) is 0 Å². The highest BCUT2D eigenvalue weighted by molar-refractivity contribution is 5.91. The van der Waals surface area contributed by atoms with E-state index in [0.29, 0.717) is 11.1 Å². The standard InChI is InChI=1S/C14H13NO5/c15-20-13-4-1-8(6-11(13)14(18)19)5-9-7-10(16)2-3-12(9)17/h1-4,6-7,16-17H,5,15H2,(H,18,19). The molecule has 0 radical (unpaired) electrons. The zero-order chi connectivity index (χ0) is 14.7. The van der Waals surface area contributed by atoms with E-state index in [1.807, 2.05) is 0 Å². The van der Waals surface area contributed by atoms with Crippen molar-refractivity contribution in [1.82, 2.24) is 0 Å². The second kappa shape index (κ2) is 5.50. The molecule has 2 aromatic rings. The van der Waals surface area contributed by atoms with Crippen LogP contribution in [0.25, 0.3) is 0 Å². The van der Waals surface area contributed by atoms with Crippen molar-refractivity contribution in [2.45, 2.75) is 6.42 Å². The molecule has 0 saturated heterocycles. The molecule has 5 N–H and O–H groups in total. The highest BCUT2D eigenvalue weighted by atomic mass is 16.6. The van der Waals surface area contributed by atoms with E-state index in [0.717, 1.165) is 0 Å². The lowest BCUT2D eigenvalue weighted by atomic mass is 10.0. The van der Waals surface area contributed by atoms with E-state index < -0.39 is 5.97 Å². The van der Waals surface area contributed by atoms with Gasteiger partial charge in [0.05, 0.1) is 0 Å². The van der Waals surface area contributed by atoms with Gasteiger partial charge >= 0.3 is 5.97 Å². The largest absolute Gasteiger partial charge is 0.508 e. The SMILES string of the molecule is NOc1ccc(Cc2cc(O)ccc2O)cc1C(=O)O. The monoisotopic (exact) mass is 275 g/mol. The maximum absolute atomic E-state index is 11.1. The van der Waals surface area contributed by atoms with Crippen LogP contribution in [-0.4, -0.2) is 21.3 Å². The summed E-state index contributed by atoms with van der Waals surface area (Å²) >= 11 is 0. The Bertz CT molecular complexity index is 654. The fourth-order valence-electron chi connectivity index (χ4n) is 1.89. The van der Waals surface area contributed by atoms with Crippen LogP contribution < -0.4 is 10.7 Å². The van der Waals surface area contributed by atoms with E-state index in [-0.39, 0.29) is 29.2 Å². The quantitative estimate of drug-likeness (QED) is 0.498. The first-order valence-electron chi connectivity index (χ1n) is 5.75. The molecule has 0 aromatic heterocycles. The molecule has 0 aliphatic rings. The molecule has 6 nitrogen and oxygen atoms in total. The Morgan fingerprint density at radius 1 is 1.15 bits per heavy atom. The summed E-state index contributed by atoms with van der Waals surface area (Å²) in [7, 11) is 0. The average molecular weight is 275 g/mol. The van der Waals surface area contributed by atoms with E-state index in [1.165, 1.54) is 30.3 Å². The fourth-order valence-corrected chi connectivity index (χ4v) is 1.89. The molecule has 0 fully saturated rings. The summed E-state index contributed by atoms with van der Waals surface area (Å²) in [5.41, 5.74) is 1.07. The third kappa shape index (κ3) is 2.81. The summed E-state index contributed by atoms with van der Waals surface area (Å²) in [5.74, 6) is 3.95. The number of aromatic hydroxyl groups is 2. The first-order chi connectivity index (χ1) is 9.51. The summed E-state index contributed by atoms with van der Waals surface area (Å²) < 4.78 is 0. The number of carboxylic acids is 1. The Labute approximate surface area is 114 Å². The Morgan fingerprint density at radius 3 is 2.55 bits per heavy atom. The van der Waals surface area contributed by atoms with Crippen molar-refractivity contribution in [2.75, 3.05) is 0 Å². The number of phenolic OH excluding ortho intramolecular Hbond substituents is 2. The van der Waals surface area contributed by atoms with Crippen LogP contribution in [0.1, 0.15) is 21.5 Å². The summed E-state index contributed by atoms with van der Waals surface area (Å²) in [6.45, 7) is 0. The van der Waals surface area contributed by atoms with Crippen LogP contribution in [0, 0.1) is 0 Å². The van der Waals surface area contributed by atoms with E-state index in [1.54, 1.807) is 6.07 Å². The fraction of sp³-hybridized carbons (Fsp3) is 0.0714. The van der Waals surface area contributed by atoms with E-state index in [9.17, 15) is 15.0 Å². The van der Waals surface area contributed by atoms with Crippen LogP contribution in [0.15, 0.2) is 36.4 Å². The third-order valence-corrected chi connectivity index (χ3v) is 2.86. The van der Waals surface area contributed by atoms with Gasteiger partial charge in [-0.2, -0.15) is 5.90 Å². The molecule has 0 atom stereocenters. The van der Waals surface area contributed by atoms with Crippen molar-refractivity contribution in [3.05, 3.63) is 53.1 Å². The van der Waals surface area contributed by atoms with Gasteiger partial charge < -0.3 is 20.2 Å². The van der Waals surface area contributed by atoms with Crippen LogP contribution >= 0.6 is 0 Å². The van der Waals surface area contributed by atoms with Crippen LogP contribution in [0.3, 0.4) is 0 Å².